The number of aryl methyl sites for hydroxylation is 2. The molecule has 250 valence electrons. The molecule has 7 atom stereocenters. The number of allylic oxidation sites excluding steroid dienone is 1. The number of nitrogens with zero attached hydrogens (tertiary/aromatic N) is 2. The number of hydrogen-bond acceptors (Lipinski definition) is 7. The van der Waals surface area contributed by atoms with Crippen LogP contribution in [0.4, 0.5) is 5.69 Å². The summed E-state index contributed by atoms with van der Waals surface area (Å²) in [5, 5.41) is 13.3. The van der Waals surface area contributed by atoms with Crippen LogP contribution < -0.4 is 10.2 Å². The Morgan fingerprint density at radius 2 is 1.83 bits per heavy atom. The number of nitrogens with one attached hydrogen (secondary N) is 1. The fourth-order valence-electron chi connectivity index (χ4n) is 7.68. The molecule has 3 amide bonds. The number of para-hydroxylation sites is 1. The third kappa shape index (κ3) is 6.24. The summed E-state index contributed by atoms with van der Waals surface area (Å²) < 4.78 is 12.1. The quantitative estimate of drug-likeness (QED) is 0.236. The van der Waals surface area contributed by atoms with Crippen LogP contribution >= 0.6 is 0 Å². The Bertz CT molecular complexity index is 1510. The Morgan fingerprint density at radius 1 is 1.13 bits per heavy atom. The number of fused-ring (bicyclic) bond motifs is 1. The molecule has 3 saturated heterocycles. The molecule has 2 bridgehead atoms. The van der Waals surface area contributed by atoms with Crippen molar-refractivity contribution in [3.63, 3.8) is 0 Å². The molecule has 2 N–H and O–H groups in total. The highest BCUT2D eigenvalue weighted by molar-refractivity contribution is 6.05. The molecule has 2 aromatic rings. The standard InChI is InChI=1S/C37H45N3O7/c1-6-8-17-29(42)46-22-27(26-15-10-9-11-16-26)38-34(43)30-28-18-19-37(47-28)31(30)35(44)40(25(5)21-41)33(37)36(45)39(20-7-2)32-23(3)13-12-14-24(32)4/h6-7,9-16,25,27-28,30-31,33,41H,1-2,8,17-22H2,3-5H3,(H,38,43)/t25-,27+,28-,30+,31+,33-,37+/m1/s1. The van der Waals surface area contributed by atoms with E-state index in [9.17, 15) is 24.3 Å². The van der Waals surface area contributed by atoms with Gasteiger partial charge in [-0.25, -0.2) is 0 Å². The summed E-state index contributed by atoms with van der Waals surface area (Å²) >= 11 is 0. The number of aliphatic hydroxyl groups is 1. The van der Waals surface area contributed by atoms with Crippen LogP contribution in [-0.4, -0.2) is 77.2 Å². The number of benzene rings is 2. The van der Waals surface area contributed by atoms with Gasteiger partial charge in [-0.15, -0.1) is 13.2 Å². The summed E-state index contributed by atoms with van der Waals surface area (Å²) in [6, 6.07) is 12.6. The van der Waals surface area contributed by atoms with Crippen LogP contribution in [0.5, 0.6) is 0 Å². The molecule has 0 saturated carbocycles. The van der Waals surface area contributed by atoms with Crippen molar-refractivity contribution in [2.45, 2.75) is 76.3 Å². The monoisotopic (exact) mass is 643 g/mol. The van der Waals surface area contributed by atoms with E-state index in [4.69, 9.17) is 9.47 Å². The normalized spacial score (nSPS) is 25.5. The van der Waals surface area contributed by atoms with Gasteiger partial charge in [0.05, 0.1) is 36.6 Å². The lowest BCUT2D eigenvalue weighted by Gasteiger charge is -2.39. The molecule has 0 aromatic heterocycles. The molecule has 47 heavy (non-hydrogen) atoms. The fourth-order valence-corrected chi connectivity index (χ4v) is 7.68. The van der Waals surface area contributed by atoms with Crippen LogP contribution in [0, 0.1) is 25.7 Å². The van der Waals surface area contributed by atoms with E-state index in [-0.39, 0.29) is 38.0 Å². The van der Waals surface area contributed by atoms with Gasteiger partial charge in [-0.3, -0.25) is 19.2 Å². The average Bonchev–Trinajstić information content (AvgIpc) is 3.72. The van der Waals surface area contributed by atoms with E-state index >= 15 is 0 Å². The van der Waals surface area contributed by atoms with Crippen molar-refractivity contribution in [1.29, 1.82) is 0 Å². The van der Waals surface area contributed by atoms with E-state index in [1.54, 1.807) is 24.0 Å². The van der Waals surface area contributed by atoms with Crippen LogP contribution in [0.25, 0.3) is 0 Å². The maximum Gasteiger partial charge on any atom is 0.306 e. The van der Waals surface area contributed by atoms with E-state index in [2.05, 4.69) is 18.5 Å². The smallest absolute Gasteiger partial charge is 0.306 e. The van der Waals surface area contributed by atoms with E-state index in [1.807, 2.05) is 62.4 Å². The van der Waals surface area contributed by atoms with E-state index in [1.165, 1.54) is 4.90 Å². The zero-order valence-corrected chi connectivity index (χ0v) is 27.4. The highest BCUT2D eigenvalue weighted by atomic mass is 16.5. The summed E-state index contributed by atoms with van der Waals surface area (Å²) in [7, 11) is 0. The lowest BCUT2D eigenvalue weighted by atomic mass is 9.70. The van der Waals surface area contributed by atoms with Crippen molar-refractivity contribution in [2.24, 2.45) is 11.8 Å². The number of ether oxygens (including phenoxy) is 2. The first-order valence-electron chi connectivity index (χ1n) is 16.3. The molecule has 0 aliphatic carbocycles. The number of carbonyl (C=O) groups is 4. The highest BCUT2D eigenvalue weighted by Gasteiger charge is 2.75. The predicted octanol–water partition coefficient (Wildman–Crippen LogP) is 3.94. The first-order valence-corrected chi connectivity index (χ1v) is 16.3. The second-order valence-corrected chi connectivity index (χ2v) is 12.8. The summed E-state index contributed by atoms with van der Waals surface area (Å²) in [5.74, 6) is -3.35. The largest absolute Gasteiger partial charge is 0.463 e. The Hall–Kier alpha value is -4.28. The second-order valence-electron chi connectivity index (χ2n) is 12.8. The average molecular weight is 644 g/mol. The molecule has 0 radical (unpaired) electrons. The molecule has 0 unspecified atom stereocenters. The molecule has 3 fully saturated rings. The van der Waals surface area contributed by atoms with Crippen LogP contribution in [0.1, 0.15) is 55.3 Å². The van der Waals surface area contributed by atoms with Gasteiger partial charge in [0.25, 0.3) is 5.91 Å². The van der Waals surface area contributed by atoms with Gasteiger partial charge in [-0.05, 0) is 56.7 Å². The van der Waals surface area contributed by atoms with Gasteiger partial charge >= 0.3 is 5.97 Å². The minimum absolute atomic E-state index is 0.0885. The van der Waals surface area contributed by atoms with Crippen LogP contribution in [0.15, 0.2) is 73.8 Å². The zero-order chi connectivity index (χ0) is 33.9. The number of likely N-dealkylation sites (tertiary alicyclic amines) is 1. The van der Waals surface area contributed by atoms with Crippen molar-refractivity contribution in [2.75, 3.05) is 24.7 Å². The molecule has 3 heterocycles. The number of rotatable bonds is 14. The lowest BCUT2D eigenvalue weighted by Crippen LogP contribution is -2.58. The summed E-state index contributed by atoms with van der Waals surface area (Å²) in [5.41, 5.74) is 2.01. The Balaban J connectivity index is 1.48. The van der Waals surface area contributed by atoms with E-state index in [0.29, 0.717) is 19.3 Å². The highest BCUT2D eigenvalue weighted by Crippen LogP contribution is 2.59. The number of aliphatic hydroxyl groups excluding tert-OH is 1. The molecule has 3 aliphatic heterocycles. The third-order valence-electron chi connectivity index (χ3n) is 9.78. The third-order valence-corrected chi connectivity index (χ3v) is 9.78. The molecule has 2 aromatic carbocycles. The van der Waals surface area contributed by atoms with Gasteiger partial charge in [0.1, 0.15) is 18.2 Å². The van der Waals surface area contributed by atoms with Gasteiger partial charge in [-0.2, -0.15) is 0 Å². The molecule has 10 nitrogen and oxygen atoms in total. The molecule has 1 spiro atoms. The second kappa shape index (κ2) is 14.2. The van der Waals surface area contributed by atoms with Crippen LogP contribution in [0.3, 0.4) is 0 Å². The maximum atomic E-state index is 14.8. The van der Waals surface area contributed by atoms with Gasteiger partial charge in [0.15, 0.2) is 0 Å². The minimum atomic E-state index is -1.25. The molecule has 10 heteroatoms. The Kier molecular flexibility index (Phi) is 10.3. The molecular weight excluding hydrogens is 598 g/mol. The fraction of sp³-hybridized carbons (Fsp3) is 0.459. The summed E-state index contributed by atoms with van der Waals surface area (Å²) in [4.78, 5) is 58.8. The number of carbonyl (C=O) groups excluding carboxylic acids is 4. The van der Waals surface area contributed by atoms with Crippen molar-refractivity contribution < 1.29 is 33.8 Å². The first-order chi connectivity index (χ1) is 22.6. The van der Waals surface area contributed by atoms with Gasteiger partial charge < -0.3 is 29.7 Å². The van der Waals surface area contributed by atoms with Crippen molar-refractivity contribution in [3.8, 4) is 0 Å². The molecule has 5 rings (SSSR count). The Morgan fingerprint density at radius 3 is 2.47 bits per heavy atom. The first kappa shape index (κ1) is 34.1. The SMILES string of the molecule is C=CCCC(=O)OC[C@H](NC(=O)[C@@H]1[C@H]2C(=O)N([C@H](C)CO)[C@H](C(=O)N(CC=C)c3c(C)cccc3C)[C@]23CC[C@H]1O3)c1ccccc1. The van der Waals surface area contributed by atoms with Gasteiger partial charge in [-0.1, -0.05) is 60.7 Å². The number of amides is 3. The summed E-state index contributed by atoms with van der Waals surface area (Å²) in [6.07, 6.45) is 4.27. The van der Waals surface area contributed by atoms with Crippen LogP contribution in [-0.2, 0) is 28.7 Å². The topological polar surface area (TPSA) is 125 Å². The Labute approximate surface area is 276 Å². The zero-order valence-electron chi connectivity index (χ0n) is 27.4. The number of esters is 1. The van der Waals surface area contributed by atoms with Crippen molar-refractivity contribution in [1.82, 2.24) is 10.2 Å². The summed E-state index contributed by atoms with van der Waals surface area (Å²) in [6.45, 7) is 12.8. The van der Waals surface area contributed by atoms with E-state index < -0.39 is 53.5 Å². The van der Waals surface area contributed by atoms with Crippen molar-refractivity contribution in [3.05, 3.63) is 90.5 Å². The lowest BCUT2D eigenvalue weighted by molar-refractivity contribution is -0.146. The molecular formula is C37H45N3O7. The number of hydrogen-bond donors (Lipinski definition) is 2. The number of anilines is 1. The minimum Gasteiger partial charge on any atom is -0.463 e. The van der Waals surface area contributed by atoms with Crippen molar-refractivity contribution >= 4 is 29.4 Å². The van der Waals surface area contributed by atoms with Gasteiger partial charge in [0.2, 0.25) is 11.8 Å². The van der Waals surface area contributed by atoms with Gasteiger partial charge in [0, 0.05) is 18.7 Å². The maximum absolute atomic E-state index is 14.8. The predicted molar refractivity (Wildman–Crippen MR) is 177 cm³/mol. The van der Waals surface area contributed by atoms with Crippen LogP contribution in [0.2, 0.25) is 0 Å². The van der Waals surface area contributed by atoms with E-state index in [0.717, 1.165) is 22.4 Å². The molecule has 3 aliphatic rings.